The van der Waals surface area contributed by atoms with Crippen LogP contribution in [0.4, 0.5) is 0 Å². The van der Waals surface area contributed by atoms with Gasteiger partial charge in [-0.05, 0) is 38.8 Å². The highest BCUT2D eigenvalue weighted by molar-refractivity contribution is 5.95. The minimum Gasteiger partial charge on any atom is -0.261 e. The predicted octanol–water partition coefficient (Wildman–Crippen LogP) is 5.23. The van der Waals surface area contributed by atoms with Crippen LogP contribution in [-0.2, 0) is 0 Å². The summed E-state index contributed by atoms with van der Waals surface area (Å²) in [6.45, 7) is 8.42. The third-order valence-electron chi connectivity index (χ3n) is 2.17. The molecule has 0 aromatic rings. The van der Waals surface area contributed by atoms with E-state index in [0.29, 0.717) is 0 Å². The molecule has 0 aliphatic rings. The van der Waals surface area contributed by atoms with E-state index < -0.39 is 0 Å². The quantitative estimate of drug-likeness (QED) is 0.420. The summed E-state index contributed by atoms with van der Waals surface area (Å²) in [5.74, 6) is 0. The topological polar surface area (TPSA) is 12.4 Å². The molecule has 0 aromatic heterocycles. The van der Waals surface area contributed by atoms with Crippen molar-refractivity contribution in [3.8, 4) is 0 Å². The minimum absolute atomic E-state index is 1.04. The Hall–Kier alpha value is -1.37. The normalized spacial score (nSPS) is 14.6. The van der Waals surface area contributed by atoms with Gasteiger partial charge in [0, 0.05) is 11.9 Å². The maximum atomic E-state index is 4.46. The van der Waals surface area contributed by atoms with E-state index in [1.165, 1.54) is 5.57 Å². The van der Waals surface area contributed by atoms with Crippen molar-refractivity contribution < 1.29 is 0 Å². The molecule has 0 bridgehead atoms. The maximum Gasteiger partial charge on any atom is 0.0400 e. The van der Waals surface area contributed by atoms with E-state index in [9.17, 15) is 0 Å². The fourth-order valence-electron chi connectivity index (χ4n) is 1.35. The van der Waals surface area contributed by atoms with Gasteiger partial charge in [0.25, 0.3) is 0 Å². The van der Waals surface area contributed by atoms with Crippen LogP contribution in [0.2, 0.25) is 0 Å². The Morgan fingerprint density at radius 3 is 2.53 bits per heavy atom. The lowest BCUT2D eigenvalue weighted by Gasteiger charge is -1.95. The molecule has 0 unspecified atom stereocenters. The molecule has 0 aromatic carbocycles. The van der Waals surface area contributed by atoms with Crippen LogP contribution in [0.25, 0.3) is 0 Å². The van der Waals surface area contributed by atoms with Crippen LogP contribution < -0.4 is 0 Å². The van der Waals surface area contributed by atoms with Crippen molar-refractivity contribution in [3.05, 3.63) is 48.2 Å². The lowest BCUT2D eigenvalue weighted by atomic mass is 10.2. The minimum atomic E-state index is 1.04. The molecular formula is C16H25N. The van der Waals surface area contributed by atoms with E-state index in [2.05, 4.69) is 50.1 Å². The molecule has 0 saturated heterocycles. The zero-order valence-electron chi connectivity index (χ0n) is 11.6. The van der Waals surface area contributed by atoms with Crippen LogP contribution in [-0.4, -0.2) is 5.71 Å². The first-order chi connectivity index (χ1) is 8.24. The van der Waals surface area contributed by atoms with Gasteiger partial charge in [-0.15, -0.1) is 0 Å². The van der Waals surface area contributed by atoms with Crippen molar-refractivity contribution in [2.75, 3.05) is 0 Å². The Balaban J connectivity index is 4.47. The fraction of sp³-hybridized carbons (Fsp3) is 0.438. The highest BCUT2D eigenvalue weighted by Gasteiger charge is 1.89. The Morgan fingerprint density at radius 2 is 1.94 bits per heavy atom. The van der Waals surface area contributed by atoms with Gasteiger partial charge in [0.2, 0.25) is 0 Å². The van der Waals surface area contributed by atoms with Gasteiger partial charge in [-0.3, -0.25) is 4.99 Å². The van der Waals surface area contributed by atoms with Crippen LogP contribution >= 0.6 is 0 Å². The smallest absolute Gasteiger partial charge is 0.0400 e. The summed E-state index contributed by atoms with van der Waals surface area (Å²) in [4.78, 5) is 4.46. The molecule has 1 heteroatoms. The summed E-state index contributed by atoms with van der Waals surface area (Å²) in [5.41, 5.74) is 2.39. The predicted molar refractivity (Wildman–Crippen MR) is 79.5 cm³/mol. The van der Waals surface area contributed by atoms with Crippen molar-refractivity contribution in [1.29, 1.82) is 0 Å². The molecule has 0 aliphatic heterocycles. The van der Waals surface area contributed by atoms with Gasteiger partial charge in [0.05, 0.1) is 0 Å². The fourth-order valence-corrected chi connectivity index (χ4v) is 1.35. The molecule has 0 rings (SSSR count). The van der Waals surface area contributed by atoms with E-state index >= 15 is 0 Å². The molecule has 0 atom stereocenters. The zero-order valence-corrected chi connectivity index (χ0v) is 11.6. The summed E-state index contributed by atoms with van der Waals surface area (Å²) < 4.78 is 0. The molecule has 0 heterocycles. The highest BCUT2D eigenvalue weighted by atomic mass is 14.7. The van der Waals surface area contributed by atoms with Gasteiger partial charge in [0.15, 0.2) is 0 Å². The van der Waals surface area contributed by atoms with E-state index in [1.807, 2.05) is 25.3 Å². The summed E-state index contributed by atoms with van der Waals surface area (Å²) >= 11 is 0. The van der Waals surface area contributed by atoms with E-state index in [4.69, 9.17) is 0 Å². The van der Waals surface area contributed by atoms with Crippen molar-refractivity contribution >= 4 is 5.71 Å². The second-order valence-electron chi connectivity index (χ2n) is 3.93. The average molecular weight is 231 g/mol. The average Bonchev–Trinajstić information content (AvgIpc) is 2.31. The second-order valence-corrected chi connectivity index (χ2v) is 3.93. The first kappa shape index (κ1) is 15.6. The van der Waals surface area contributed by atoms with Crippen LogP contribution in [0.15, 0.2) is 53.2 Å². The molecule has 0 amide bonds. The van der Waals surface area contributed by atoms with E-state index in [0.717, 1.165) is 25.0 Å². The number of hydrogen-bond acceptors (Lipinski definition) is 1. The van der Waals surface area contributed by atoms with Crippen molar-refractivity contribution in [2.45, 2.75) is 47.0 Å². The van der Waals surface area contributed by atoms with Gasteiger partial charge in [-0.25, -0.2) is 0 Å². The number of allylic oxidation sites excluding steroid dienone is 7. The molecule has 94 valence electrons. The summed E-state index contributed by atoms with van der Waals surface area (Å²) in [6, 6.07) is 0. The Kier molecular flexibility index (Phi) is 10.2. The molecule has 0 N–H and O–H groups in total. The van der Waals surface area contributed by atoms with Crippen molar-refractivity contribution in [2.24, 2.45) is 4.99 Å². The molecule has 0 saturated carbocycles. The van der Waals surface area contributed by atoms with Gasteiger partial charge < -0.3 is 0 Å². The number of hydrogen-bond donors (Lipinski definition) is 0. The lowest BCUT2D eigenvalue weighted by Crippen LogP contribution is -1.90. The van der Waals surface area contributed by atoms with Gasteiger partial charge in [-0.1, -0.05) is 50.1 Å². The molecule has 0 fully saturated rings. The molecule has 0 spiro atoms. The van der Waals surface area contributed by atoms with Crippen molar-refractivity contribution in [1.82, 2.24) is 0 Å². The second kappa shape index (κ2) is 11.1. The Labute approximate surface area is 106 Å². The zero-order chi connectivity index (χ0) is 12.9. The van der Waals surface area contributed by atoms with E-state index in [-0.39, 0.29) is 0 Å². The molecule has 1 nitrogen and oxygen atoms in total. The van der Waals surface area contributed by atoms with Gasteiger partial charge >= 0.3 is 0 Å². The lowest BCUT2D eigenvalue weighted by molar-refractivity contribution is 0.994. The largest absolute Gasteiger partial charge is 0.261 e. The van der Waals surface area contributed by atoms with Gasteiger partial charge in [-0.2, -0.15) is 0 Å². The Morgan fingerprint density at radius 1 is 1.18 bits per heavy atom. The standard InChI is InChI=1S/C16H25N/c1-5-8-13-16(11-7-3)17-14-9-12-15(4)10-6-2/h6,8-10,12-14H,5,7,11H2,1-4H3/b10-6?,13-8-,14-9+,15-12-,17-16-. The number of rotatable bonds is 7. The maximum absolute atomic E-state index is 4.46. The number of aliphatic imine (C=N–C) groups is 1. The first-order valence-corrected chi connectivity index (χ1v) is 6.43. The summed E-state index contributed by atoms with van der Waals surface area (Å²) in [6.07, 6.45) is 17.6. The summed E-state index contributed by atoms with van der Waals surface area (Å²) in [7, 11) is 0. The number of nitrogens with zero attached hydrogens (tertiary/aromatic N) is 1. The molecule has 0 aliphatic carbocycles. The van der Waals surface area contributed by atoms with Crippen LogP contribution in [0.1, 0.15) is 47.0 Å². The monoisotopic (exact) mass is 231 g/mol. The summed E-state index contributed by atoms with van der Waals surface area (Å²) in [5, 5.41) is 0. The van der Waals surface area contributed by atoms with Gasteiger partial charge in [0.1, 0.15) is 0 Å². The molecule has 17 heavy (non-hydrogen) atoms. The molecular weight excluding hydrogens is 206 g/mol. The van der Waals surface area contributed by atoms with Crippen LogP contribution in [0, 0.1) is 0 Å². The van der Waals surface area contributed by atoms with Crippen molar-refractivity contribution in [3.63, 3.8) is 0 Å². The SMILES string of the molecule is CC=C\C(C)=C/C=C/N=C(\C=C/CC)CCC. The third kappa shape index (κ3) is 9.55. The van der Waals surface area contributed by atoms with Crippen LogP contribution in [0.5, 0.6) is 0 Å². The van der Waals surface area contributed by atoms with E-state index in [1.54, 1.807) is 0 Å². The molecule has 0 radical (unpaired) electrons. The van der Waals surface area contributed by atoms with Crippen LogP contribution in [0.3, 0.4) is 0 Å². The third-order valence-corrected chi connectivity index (χ3v) is 2.17. The highest BCUT2D eigenvalue weighted by Crippen LogP contribution is 1.98. The first-order valence-electron chi connectivity index (χ1n) is 6.43. The Bertz CT molecular complexity index is 327.